The highest BCUT2D eigenvalue weighted by Crippen LogP contribution is 2.48. The molecular formula is C13H18Br2O5. The Morgan fingerprint density at radius 1 is 1.05 bits per heavy atom. The topological polar surface area (TPSA) is 46.2 Å². The van der Waals surface area contributed by atoms with E-state index in [1.807, 2.05) is 33.8 Å². The maximum absolute atomic E-state index is 6.03. The van der Waals surface area contributed by atoms with Gasteiger partial charge in [0.05, 0.1) is 10.00 Å². The van der Waals surface area contributed by atoms with Crippen LogP contribution in [0.5, 0.6) is 0 Å². The van der Waals surface area contributed by atoms with Crippen LogP contribution in [0.15, 0.2) is 9.47 Å². The third-order valence-corrected chi connectivity index (χ3v) is 3.97. The number of ether oxygens (including phenoxy) is 5. The van der Waals surface area contributed by atoms with Crippen LogP contribution < -0.4 is 0 Å². The van der Waals surface area contributed by atoms with Crippen LogP contribution in [0.4, 0.5) is 0 Å². The molecule has 0 aliphatic carbocycles. The molecular weight excluding hydrogens is 396 g/mol. The van der Waals surface area contributed by atoms with Crippen LogP contribution in [-0.4, -0.2) is 42.3 Å². The summed E-state index contributed by atoms with van der Waals surface area (Å²) in [7, 11) is 0. The minimum Gasteiger partial charge on any atom is -0.342 e. The highest BCUT2D eigenvalue weighted by Gasteiger charge is 2.64. The van der Waals surface area contributed by atoms with Crippen LogP contribution in [-0.2, 0) is 23.7 Å². The number of halogens is 2. The Kier molecular flexibility index (Phi) is 3.65. The molecule has 0 unspecified atom stereocenters. The molecule has 3 fully saturated rings. The van der Waals surface area contributed by atoms with Gasteiger partial charge in [0.1, 0.15) is 18.3 Å². The molecule has 3 aliphatic rings. The van der Waals surface area contributed by atoms with E-state index in [9.17, 15) is 0 Å². The highest BCUT2D eigenvalue weighted by molar-refractivity contribution is 9.28. The van der Waals surface area contributed by atoms with Crippen molar-refractivity contribution in [3.63, 3.8) is 0 Å². The molecule has 0 aromatic heterocycles. The van der Waals surface area contributed by atoms with Gasteiger partial charge < -0.3 is 23.7 Å². The van der Waals surface area contributed by atoms with Crippen LogP contribution in [0, 0.1) is 0 Å². The van der Waals surface area contributed by atoms with Gasteiger partial charge in [0.15, 0.2) is 11.6 Å². The predicted octanol–water partition coefficient (Wildman–Crippen LogP) is 3.02. The van der Waals surface area contributed by atoms with E-state index < -0.39 is 17.4 Å². The second kappa shape index (κ2) is 4.75. The summed E-state index contributed by atoms with van der Waals surface area (Å²) in [4.78, 5) is 0. The van der Waals surface area contributed by atoms with E-state index in [0.29, 0.717) is 6.61 Å². The first-order valence-corrected chi connectivity index (χ1v) is 8.13. The summed E-state index contributed by atoms with van der Waals surface area (Å²) in [5.74, 6) is -2.36. The smallest absolute Gasteiger partial charge is 0.222 e. The van der Waals surface area contributed by atoms with E-state index in [2.05, 4.69) is 31.9 Å². The summed E-state index contributed by atoms with van der Waals surface area (Å²) in [6, 6.07) is 0. The van der Waals surface area contributed by atoms with Crippen LogP contribution in [0.3, 0.4) is 0 Å². The van der Waals surface area contributed by atoms with Crippen molar-refractivity contribution in [3.05, 3.63) is 9.47 Å². The first kappa shape index (κ1) is 15.4. The van der Waals surface area contributed by atoms with Crippen LogP contribution >= 0.6 is 31.9 Å². The molecule has 5 nitrogen and oxygen atoms in total. The van der Waals surface area contributed by atoms with Gasteiger partial charge in [0, 0.05) is 0 Å². The first-order chi connectivity index (χ1) is 9.13. The molecule has 7 heteroatoms. The Morgan fingerprint density at radius 2 is 1.75 bits per heavy atom. The minimum absolute atomic E-state index is 0.150. The average molecular weight is 414 g/mol. The molecule has 0 saturated carbocycles. The molecule has 4 atom stereocenters. The number of fused-ring (bicyclic) bond motifs is 3. The van der Waals surface area contributed by atoms with Crippen LogP contribution in [0.25, 0.3) is 0 Å². The first-order valence-electron chi connectivity index (χ1n) is 6.54. The van der Waals surface area contributed by atoms with Gasteiger partial charge in [-0.25, -0.2) is 0 Å². The van der Waals surface area contributed by atoms with Crippen molar-refractivity contribution < 1.29 is 23.7 Å². The van der Waals surface area contributed by atoms with E-state index in [-0.39, 0.29) is 18.3 Å². The van der Waals surface area contributed by atoms with Gasteiger partial charge in [0.25, 0.3) is 0 Å². The standard InChI is InChI=1S/C13H18Br2O5/c1-11(2)17-7-6-16-13(5-8(14)15)10(9(7)18-11)19-12(3,4)20-13/h5,7,9-10H,6H2,1-4H3/t7-,9-,10+,13+/m1/s1. The average Bonchev–Trinajstić information content (AvgIpc) is 2.69. The summed E-state index contributed by atoms with van der Waals surface area (Å²) < 4.78 is 30.6. The van der Waals surface area contributed by atoms with E-state index in [4.69, 9.17) is 23.7 Å². The SMILES string of the molecule is CC1(C)O[C@@H]2[C@@H](CO[C@@]3(C=C(Br)Br)OC(C)(C)O[C@@H]23)O1. The molecule has 20 heavy (non-hydrogen) atoms. The molecule has 3 heterocycles. The molecule has 3 rings (SSSR count). The summed E-state index contributed by atoms with van der Waals surface area (Å²) in [5.41, 5.74) is 0. The maximum Gasteiger partial charge on any atom is 0.222 e. The van der Waals surface area contributed by atoms with Gasteiger partial charge in [0.2, 0.25) is 5.79 Å². The molecule has 3 aliphatic heterocycles. The maximum atomic E-state index is 6.03. The van der Waals surface area contributed by atoms with E-state index in [1.165, 1.54) is 0 Å². The van der Waals surface area contributed by atoms with Gasteiger partial charge in [-0.1, -0.05) is 0 Å². The Morgan fingerprint density at radius 3 is 2.40 bits per heavy atom. The second-order valence-electron chi connectivity index (χ2n) is 6.15. The quantitative estimate of drug-likeness (QED) is 0.661. The molecule has 114 valence electrons. The van der Waals surface area contributed by atoms with Crippen molar-refractivity contribution in [3.8, 4) is 0 Å². The van der Waals surface area contributed by atoms with Crippen molar-refractivity contribution >= 4 is 31.9 Å². The fraction of sp³-hybridized carbons (Fsp3) is 0.846. The second-order valence-corrected chi connectivity index (χ2v) is 8.92. The summed E-state index contributed by atoms with van der Waals surface area (Å²) in [5, 5.41) is 0. The Hall–Kier alpha value is 0.500. The molecule has 0 aromatic rings. The third-order valence-electron chi connectivity index (χ3n) is 3.52. The summed E-state index contributed by atoms with van der Waals surface area (Å²) >= 11 is 6.73. The van der Waals surface area contributed by atoms with Gasteiger partial charge in [-0.3, -0.25) is 0 Å². The van der Waals surface area contributed by atoms with Gasteiger partial charge >= 0.3 is 0 Å². The zero-order valence-electron chi connectivity index (χ0n) is 11.8. The number of rotatable bonds is 1. The van der Waals surface area contributed by atoms with Gasteiger partial charge in [-0.2, -0.15) is 0 Å². The Balaban J connectivity index is 1.96. The predicted molar refractivity (Wildman–Crippen MR) is 78.5 cm³/mol. The fourth-order valence-corrected chi connectivity index (χ4v) is 3.67. The van der Waals surface area contributed by atoms with Crippen LogP contribution in [0.1, 0.15) is 27.7 Å². The number of hydrogen-bond donors (Lipinski definition) is 0. The van der Waals surface area contributed by atoms with Crippen molar-refractivity contribution in [2.24, 2.45) is 0 Å². The molecule has 0 bridgehead atoms. The van der Waals surface area contributed by atoms with Crippen molar-refractivity contribution in [1.82, 2.24) is 0 Å². The highest BCUT2D eigenvalue weighted by atomic mass is 79.9. The molecule has 0 spiro atoms. The Bertz CT molecular complexity index is 446. The largest absolute Gasteiger partial charge is 0.342 e. The number of hydrogen-bond acceptors (Lipinski definition) is 5. The fourth-order valence-electron chi connectivity index (χ4n) is 3.03. The van der Waals surface area contributed by atoms with Crippen molar-refractivity contribution in [2.45, 2.75) is 63.4 Å². The zero-order chi connectivity index (χ0) is 14.8. The molecule has 0 N–H and O–H groups in total. The van der Waals surface area contributed by atoms with E-state index in [0.717, 1.165) is 3.39 Å². The van der Waals surface area contributed by atoms with Gasteiger partial charge in [-0.05, 0) is 65.6 Å². The molecule has 0 aromatic carbocycles. The lowest BCUT2D eigenvalue weighted by atomic mass is 9.97. The van der Waals surface area contributed by atoms with E-state index >= 15 is 0 Å². The van der Waals surface area contributed by atoms with Gasteiger partial charge in [-0.15, -0.1) is 0 Å². The zero-order valence-corrected chi connectivity index (χ0v) is 15.0. The molecule has 0 radical (unpaired) electrons. The lowest BCUT2D eigenvalue weighted by molar-refractivity contribution is -0.253. The lowest BCUT2D eigenvalue weighted by Gasteiger charge is -2.38. The van der Waals surface area contributed by atoms with E-state index in [1.54, 1.807) is 0 Å². The normalized spacial score (nSPS) is 44.8. The summed E-state index contributed by atoms with van der Waals surface area (Å²) in [6.07, 6.45) is 1.06. The van der Waals surface area contributed by atoms with Crippen molar-refractivity contribution in [2.75, 3.05) is 6.61 Å². The monoisotopic (exact) mass is 412 g/mol. The minimum atomic E-state index is -0.975. The van der Waals surface area contributed by atoms with Crippen molar-refractivity contribution in [1.29, 1.82) is 0 Å². The Labute approximate surface area is 135 Å². The molecule has 3 saturated heterocycles. The lowest BCUT2D eigenvalue weighted by Crippen LogP contribution is -2.57. The third kappa shape index (κ3) is 2.62. The molecule has 0 amide bonds. The summed E-state index contributed by atoms with van der Waals surface area (Å²) in [6.45, 7) is 7.91. The van der Waals surface area contributed by atoms with Crippen LogP contribution in [0.2, 0.25) is 0 Å².